The lowest BCUT2D eigenvalue weighted by atomic mass is 9.72. The Balaban J connectivity index is 2.13. The third-order valence-electron chi connectivity index (χ3n) is 4.85. The topological polar surface area (TPSA) is 26.3 Å². The monoisotopic (exact) mass is 250 g/mol. The maximum absolute atomic E-state index is 11.6. The highest BCUT2D eigenvalue weighted by molar-refractivity contribution is 5.81. The van der Waals surface area contributed by atoms with E-state index in [4.69, 9.17) is 4.74 Å². The molecule has 2 nitrogen and oxygen atoms in total. The van der Waals surface area contributed by atoms with Gasteiger partial charge < -0.3 is 4.74 Å². The molecule has 2 rings (SSSR count). The molecule has 0 amide bonds. The molecule has 0 bridgehead atoms. The largest absolute Gasteiger partial charge is 0.459 e. The molecule has 2 heteroatoms. The van der Waals surface area contributed by atoms with Crippen molar-refractivity contribution in [2.24, 2.45) is 5.41 Å². The quantitative estimate of drug-likeness (QED) is 0.536. The third kappa shape index (κ3) is 3.15. The molecule has 0 saturated heterocycles. The molecule has 2 aliphatic rings. The van der Waals surface area contributed by atoms with Crippen LogP contribution in [0.3, 0.4) is 0 Å². The highest BCUT2D eigenvalue weighted by Crippen LogP contribution is 2.47. The van der Waals surface area contributed by atoms with Crippen LogP contribution >= 0.6 is 0 Å². The number of ether oxygens (including phenoxy) is 1. The maximum atomic E-state index is 11.6. The Morgan fingerprint density at radius 2 is 1.56 bits per heavy atom. The summed E-state index contributed by atoms with van der Waals surface area (Å²) >= 11 is 0. The van der Waals surface area contributed by atoms with Gasteiger partial charge >= 0.3 is 5.97 Å². The lowest BCUT2D eigenvalue weighted by molar-refractivity contribution is -0.152. The van der Waals surface area contributed by atoms with Crippen LogP contribution < -0.4 is 0 Å². The van der Waals surface area contributed by atoms with E-state index in [-0.39, 0.29) is 17.5 Å². The number of rotatable bonds is 2. The molecular weight excluding hydrogens is 224 g/mol. The van der Waals surface area contributed by atoms with Crippen LogP contribution in [0.2, 0.25) is 0 Å². The summed E-state index contributed by atoms with van der Waals surface area (Å²) in [6.07, 6.45) is 15.4. The number of hydrogen-bond acceptors (Lipinski definition) is 2. The Labute approximate surface area is 111 Å². The van der Waals surface area contributed by atoms with E-state index in [0.29, 0.717) is 0 Å². The van der Waals surface area contributed by atoms with Gasteiger partial charge in [-0.15, -0.1) is 0 Å². The molecule has 102 valence electrons. The van der Waals surface area contributed by atoms with Gasteiger partial charge in [-0.25, -0.2) is 4.79 Å². The summed E-state index contributed by atoms with van der Waals surface area (Å²) < 4.78 is 5.71. The van der Waals surface area contributed by atoms with Gasteiger partial charge in [0.1, 0.15) is 6.10 Å². The standard InChI is InChI=1S/C16H26O2/c1-2-15(17)18-14-10-6-5-9-13-16(14)11-7-3-4-8-12-16/h2,14H,1,3-13H2. The average Bonchev–Trinajstić information content (AvgIpc) is 2.73. The van der Waals surface area contributed by atoms with E-state index in [1.165, 1.54) is 70.3 Å². The fourth-order valence-electron chi connectivity index (χ4n) is 3.83. The molecule has 2 saturated carbocycles. The molecule has 0 aromatic heterocycles. The van der Waals surface area contributed by atoms with E-state index >= 15 is 0 Å². The second-order valence-electron chi connectivity index (χ2n) is 6.01. The van der Waals surface area contributed by atoms with Crippen LogP contribution in [-0.2, 0) is 9.53 Å². The molecule has 1 spiro atoms. The number of carbonyl (C=O) groups excluding carboxylic acids is 1. The zero-order valence-corrected chi connectivity index (χ0v) is 11.5. The smallest absolute Gasteiger partial charge is 0.330 e. The first kappa shape index (κ1) is 13.6. The van der Waals surface area contributed by atoms with Crippen LogP contribution in [0.4, 0.5) is 0 Å². The Hall–Kier alpha value is -0.790. The molecule has 18 heavy (non-hydrogen) atoms. The summed E-state index contributed by atoms with van der Waals surface area (Å²) in [4.78, 5) is 11.6. The Morgan fingerprint density at radius 1 is 1.00 bits per heavy atom. The molecular formula is C16H26O2. The second-order valence-corrected chi connectivity index (χ2v) is 6.01. The number of esters is 1. The minimum absolute atomic E-state index is 0.142. The molecule has 0 aliphatic heterocycles. The van der Waals surface area contributed by atoms with Crippen molar-refractivity contribution in [1.29, 1.82) is 0 Å². The first-order valence-corrected chi connectivity index (χ1v) is 7.60. The SMILES string of the molecule is C=CC(=O)OC1CCCCCC12CCCCCC2. The molecule has 1 atom stereocenters. The number of hydrogen-bond donors (Lipinski definition) is 0. The lowest BCUT2D eigenvalue weighted by Gasteiger charge is -2.38. The van der Waals surface area contributed by atoms with Crippen molar-refractivity contribution in [2.75, 3.05) is 0 Å². The zero-order valence-electron chi connectivity index (χ0n) is 11.5. The first-order valence-electron chi connectivity index (χ1n) is 7.60. The van der Waals surface area contributed by atoms with Gasteiger partial charge in [-0.1, -0.05) is 45.1 Å². The Bertz CT molecular complexity index is 279. The van der Waals surface area contributed by atoms with Crippen molar-refractivity contribution < 1.29 is 9.53 Å². The van der Waals surface area contributed by atoms with Gasteiger partial charge in [-0.05, 0) is 32.1 Å². The van der Waals surface area contributed by atoms with Gasteiger partial charge in [0.15, 0.2) is 0 Å². The van der Waals surface area contributed by atoms with Gasteiger partial charge in [0.25, 0.3) is 0 Å². The van der Waals surface area contributed by atoms with E-state index in [2.05, 4.69) is 6.58 Å². The van der Waals surface area contributed by atoms with Gasteiger partial charge in [0.2, 0.25) is 0 Å². The molecule has 0 aromatic rings. The summed E-state index contributed by atoms with van der Waals surface area (Å²) in [5.74, 6) is -0.231. The van der Waals surface area contributed by atoms with Crippen LogP contribution in [0.15, 0.2) is 12.7 Å². The zero-order chi connectivity index (χ0) is 12.8. The number of carbonyl (C=O) groups is 1. The highest BCUT2D eigenvalue weighted by atomic mass is 16.5. The molecule has 0 radical (unpaired) electrons. The fraction of sp³-hybridized carbons (Fsp3) is 0.812. The lowest BCUT2D eigenvalue weighted by Crippen LogP contribution is -2.37. The second kappa shape index (κ2) is 6.40. The summed E-state index contributed by atoms with van der Waals surface area (Å²) in [7, 11) is 0. The third-order valence-corrected chi connectivity index (χ3v) is 4.85. The molecule has 0 N–H and O–H groups in total. The van der Waals surface area contributed by atoms with Gasteiger partial charge in [-0.3, -0.25) is 0 Å². The minimum atomic E-state index is -0.231. The predicted octanol–water partition coefficient (Wildman–Crippen LogP) is 4.39. The van der Waals surface area contributed by atoms with Crippen molar-refractivity contribution >= 4 is 5.97 Å². The van der Waals surface area contributed by atoms with Crippen LogP contribution in [0.1, 0.15) is 70.6 Å². The summed E-state index contributed by atoms with van der Waals surface area (Å²) in [5.41, 5.74) is 0.283. The van der Waals surface area contributed by atoms with Crippen molar-refractivity contribution in [3.8, 4) is 0 Å². The average molecular weight is 250 g/mol. The van der Waals surface area contributed by atoms with Gasteiger partial charge in [0.05, 0.1) is 0 Å². The molecule has 0 aromatic carbocycles. The predicted molar refractivity (Wildman–Crippen MR) is 73.3 cm³/mol. The molecule has 2 fully saturated rings. The van der Waals surface area contributed by atoms with E-state index < -0.39 is 0 Å². The fourth-order valence-corrected chi connectivity index (χ4v) is 3.83. The highest BCUT2D eigenvalue weighted by Gasteiger charge is 2.41. The van der Waals surface area contributed by atoms with E-state index in [1.54, 1.807) is 0 Å². The normalized spacial score (nSPS) is 28.1. The van der Waals surface area contributed by atoms with Gasteiger partial charge in [0, 0.05) is 11.5 Å². The summed E-state index contributed by atoms with van der Waals surface area (Å²) in [6, 6.07) is 0. The molecule has 2 aliphatic carbocycles. The van der Waals surface area contributed by atoms with Crippen LogP contribution in [0, 0.1) is 5.41 Å². The van der Waals surface area contributed by atoms with Crippen molar-refractivity contribution in [3.63, 3.8) is 0 Å². The van der Waals surface area contributed by atoms with Crippen molar-refractivity contribution in [1.82, 2.24) is 0 Å². The van der Waals surface area contributed by atoms with Gasteiger partial charge in [-0.2, -0.15) is 0 Å². The van der Waals surface area contributed by atoms with E-state index in [9.17, 15) is 4.79 Å². The Morgan fingerprint density at radius 3 is 2.11 bits per heavy atom. The summed E-state index contributed by atoms with van der Waals surface area (Å²) in [6.45, 7) is 3.53. The molecule has 0 heterocycles. The van der Waals surface area contributed by atoms with Crippen LogP contribution in [0.25, 0.3) is 0 Å². The summed E-state index contributed by atoms with van der Waals surface area (Å²) in [5, 5.41) is 0. The maximum Gasteiger partial charge on any atom is 0.330 e. The first-order chi connectivity index (χ1) is 8.77. The molecule has 1 unspecified atom stereocenters. The van der Waals surface area contributed by atoms with E-state index in [1.807, 2.05) is 0 Å². The minimum Gasteiger partial charge on any atom is -0.459 e. The van der Waals surface area contributed by atoms with Crippen molar-refractivity contribution in [2.45, 2.75) is 76.7 Å². The van der Waals surface area contributed by atoms with Crippen molar-refractivity contribution in [3.05, 3.63) is 12.7 Å². The van der Waals surface area contributed by atoms with E-state index in [0.717, 1.165) is 6.42 Å². The van der Waals surface area contributed by atoms with Crippen LogP contribution in [-0.4, -0.2) is 12.1 Å². The Kier molecular flexibility index (Phi) is 4.85. The van der Waals surface area contributed by atoms with Crippen LogP contribution in [0.5, 0.6) is 0 Å².